The number of aromatic hydroxyl groups is 1. The molecule has 0 aliphatic heterocycles. The SMILES string of the molecule is Cc1cc(O)c(F)c(OCc2ccccc2)c1. The Hall–Kier alpha value is -2.03. The van der Waals surface area contributed by atoms with Gasteiger partial charge < -0.3 is 9.84 Å². The molecule has 0 amide bonds. The van der Waals surface area contributed by atoms with Crippen molar-refractivity contribution in [2.45, 2.75) is 13.5 Å². The maximum atomic E-state index is 13.5. The number of halogens is 1. The molecule has 2 aromatic rings. The summed E-state index contributed by atoms with van der Waals surface area (Å²) >= 11 is 0. The number of benzene rings is 2. The molecule has 0 aromatic heterocycles. The van der Waals surface area contributed by atoms with Gasteiger partial charge in [-0.25, -0.2) is 0 Å². The number of hydrogen-bond donors (Lipinski definition) is 1. The van der Waals surface area contributed by atoms with Gasteiger partial charge in [0.1, 0.15) is 6.61 Å². The quantitative estimate of drug-likeness (QED) is 0.878. The zero-order chi connectivity index (χ0) is 12.3. The largest absolute Gasteiger partial charge is 0.505 e. The highest BCUT2D eigenvalue weighted by Crippen LogP contribution is 2.27. The fourth-order valence-corrected chi connectivity index (χ4v) is 1.56. The van der Waals surface area contributed by atoms with Crippen molar-refractivity contribution in [3.05, 3.63) is 59.4 Å². The Morgan fingerprint density at radius 3 is 2.59 bits per heavy atom. The highest BCUT2D eigenvalue weighted by atomic mass is 19.1. The van der Waals surface area contributed by atoms with E-state index in [-0.39, 0.29) is 18.1 Å². The van der Waals surface area contributed by atoms with Crippen LogP contribution in [0.4, 0.5) is 4.39 Å². The second kappa shape index (κ2) is 4.87. The van der Waals surface area contributed by atoms with Crippen LogP contribution in [0.15, 0.2) is 42.5 Å². The third kappa shape index (κ3) is 2.75. The van der Waals surface area contributed by atoms with Gasteiger partial charge in [-0.3, -0.25) is 0 Å². The third-order valence-electron chi connectivity index (χ3n) is 2.40. The maximum Gasteiger partial charge on any atom is 0.206 e. The molecule has 0 heterocycles. The van der Waals surface area contributed by atoms with Crippen molar-refractivity contribution in [2.75, 3.05) is 0 Å². The predicted molar refractivity (Wildman–Crippen MR) is 63.6 cm³/mol. The van der Waals surface area contributed by atoms with E-state index in [9.17, 15) is 9.50 Å². The Bertz CT molecular complexity index is 509. The molecule has 0 fully saturated rings. The summed E-state index contributed by atoms with van der Waals surface area (Å²) in [5, 5.41) is 9.32. The number of phenols is 1. The van der Waals surface area contributed by atoms with Gasteiger partial charge in [-0.2, -0.15) is 4.39 Å². The lowest BCUT2D eigenvalue weighted by Gasteiger charge is -2.09. The van der Waals surface area contributed by atoms with Crippen LogP contribution in [-0.2, 0) is 6.61 Å². The third-order valence-corrected chi connectivity index (χ3v) is 2.40. The van der Waals surface area contributed by atoms with E-state index in [1.165, 1.54) is 6.07 Å². The van der Waals surface area contributed by atoms with E-state index in [1.54, 1.807) is 13.0 Å². The molecule has 17 heavy (non-hydrogen) atoms. The summed E-state index contributed by atoms with van der Waals surface area (Å²) < 4.78 is 18.9. The predicted octanol–water partition coefficient (Wildman–Crippen LogP) is 3.42. The summed E-state index contributed by atoms with van der Waals surface area (Å²) in [6, 6.07) is 12.4. The van der Waals surface area contributed by atoms with E-state index in [0.29, 0.717) is 0 Å². The molecule has 0 bridgehead atoms. The Morgan fingerprint density at radius 1 is 1.18 bits per heavy atom. The lowest BCUT2D eigenvalue weighted by Crippen LogP contribution is -1.97. The van der Waals surface area contributed by atoms with Gasteiger partial charge in [0.05, 0.1) is 0 Å². The molecule has 0 spiro atoms. The molecule has 2 rings (SSSR count). The van der Waals surface area contributed by atoms with Gasteiger partial charge in [0.2, 0.25) is 5.82 Å². The van der Waals surface area contributed by atoms with E-state index in [2.05, 4.69) is 0 Å². The summed E-state index contributed by atoms with van der Waals surface area (Å²) in [6.45, 7) is 2.05. The molecule has 88 valence electrons. The summed E-state index contributed by atoms with van der Waals surface area (Å²) in [4.78, 5) is 0. The van der Waals surface area contributed by atoms with Crippen LogP contribution >= 0.6 is 0 Å². The average molecular weight is 232 g/mol. The minimum absolute atomic E-state index is 0.0753. The first-order valence-corrected chi connectivity index (χ1v) is 5.32. The van der Waals surface area contributed by atoms with Crippen molar-refractivity contribution in [2.24, 2.45) is 0 Å². The van der Waals surface area contributed by atoms with Crippen molar-refractivity contribution in [1.29, 1.82) is 0 Å². The van der Waals surface area contributed by atoms with Crippen LogP contribution in [0.5, 0.6) is 11.5 Å². The van der Waals surface area contributed by atoms with Crippen molar-refractivity contribution >= 4 is 0 Å². The monoisotopic (exact) mass is 232 g/mol. The van der Waals surface area contributed by atoms with E-state index in [0.717, 1.165) is 11.1 Å². The van der Waals surface area contributed by atoms with Gasteiger partial charge in [-0.1, -0.05) is 30.3 Å². The second-order valence-corrected chi connectivity index (χ2v) is 3.87. The van der Waals surface area contributed by atoms with Crippen LogP contribution in [0, 0.1) is 12.7 Å². The minimum Gasteiger partial charge on any atom is -0.505 e. The van der Waals surface area contributed by atoms with Gasteiger partial charge in [0.25, 0.3) is 0 Å². The lowest BCUT2D eigenvalue weighted by atomic mass is 10.2. The normalized spacial score (nSPS) is 10.2. The zero-order valence-corrected chi connectivity index (χ0v) is 9.48. The van der Waals surface area contributed by atoms with Gasteiger partial charge in [-0.15, -0.1) is 0 Å². The molecule has 2 aromatic carbocycles. The van der Waals surface area contributed by atoms with Crippen molar-refractivity contribution in [3.63, 3.8) is 0 Å². The minimum atomic E-state index is -0.716. The Morgan fingerprint density at radius 2 is 1.88 bits per heavy atom. The van der Waals surface area contributed by atoms with E-state index in [4.69, 9.17) is 4.74 Å². The Balaban J connectivity index is 2.14. The Kier molecular flexibility index (Phi) is 3.28. The summed E-state index contributed by atoms with van der Waals surface area (Å²) in [5.41, 5.74) is 1.71. The standard InChI is InChI=1S/C14H13FO2/c1-10-7-12(16)14(15)13(8-10)17-9-11-5-3-2-4-6-11/h2-8,16H,9H2,1H3. The average Bonchev–Trinajstić information content (AvgIpc) is 2.33. The van der Waals surface area contributed by atoms with Gasteiger partial charge in [-0.05, 0) is 30.2 Å². The molecule has 1 N–H and O–H groups in total. The molecular formula is C14H13FO2. The molecule has 0 aliphatic carbocycles. The van der Waals surface area contributed by atoms with Crippen LogP contribution < -0.4 is 4.74 Å². The van der Waals surface area contributed by atoms with Crippen molar-refractivity contribution in [3.8, 4) is 11.5 Å². The van der Waals surface area contributed by atoms with Crippen molar-refractivity contribution in [1.82, 2.24) is 0 Å². The molecular weight excluding hydrogens is 219 g/mol. The zero-order valence-electron chi connectivity index (χ0n) is 9.48. The highest BCUT2D eigenvalue weighted by molar-refractivity contribution is 5.39. The van der Waals surface area contributed by atoms with E-state index < -0.39 is 5.82 Å². The summed E-state index contributed by atoms with van der Waals surface area (Å²) in [7, 11) is 0. The van der Waals surface area contributed by atoms with Crippen molar-refractivity contribution < 1.29 is 14.2 Å². The fourth-order valence-electron chi connectivity index (χ4n) is 1.56. The molecule has 0 aliphatic rings. The van der Waals surface area contributed by atoms with Gasteiger partial charge in [0, 0.05) is 0 Å². The molecule has 0 saturated carbocycles. The number of rotatable bonds is 3. The van der Waals surface area contributed by atoms with Gasteiger partial charge >= 0.3 is 0 Å². The smallest absolute Gasteiger partial charge is 0.206 e. The number of phenolic OH excluding ortho intramolecular Hbond substituents is 1. The first-order valence-electron chi connectivity index (χ1n) is 5.32. The number of hydrogen-bond acceptors (Lipinski definition) is 2. The molecule has 2 nitrogen and oxygen atoms in total. The lowest BCUT2D eigenvalue weighted by molar-refractivity contribution is 0.284. The molecule has 0 atom stereocenters. The van der Waals surface area contributed by atoms with Gasteiger partial charge in [0.15, 0.2) is 11.5 Å². The van der Waals surface area contributed by atoms with E-state index in [1.807, 2.05) is 30.3 Å². The number of aryl methyl sites for hydroxylation is 1. The first-order chi connectivity index (χ1) is 8.16. The second-order valence-electron chi connectivity index (χ2n) is 3.87. The van der Waals surface area contributed by atoms with Crippen LogP contribution in [-0.4, -0.2) is 5.11 Å². The van der Waals surface area contributed by atoms with Crippen LogP contribution in [0.2, 0.25) is 0 Å². The number of ether oxygens (including phenoxy) is 1. The van der Waals surface area contributed by atoms with Crippen LogP contribution in [0.3, 0.4) is 0 Å². The van der Waals surface area contributed by atoms with Crippen LogP contribution in [0.25, 0.3) is 0 Å². The van der Waals surface area contributed by atoms with Crippen LogP contribution in [0.1, 0.15) is 11.1 Å². The molecule has 0 saturated heterocycles. The van der Waals surface area contributed by atoms with E-state index >= 15 is 0 Å². The molecule has 0 unspecified atom stereocenters. The highest BCUT2D eigenvalue weighted by Gasteiger charge is 2.09. The Labute approximate surface area is 99.3 Å². The fraction of sp³-hybridized carbons (Fsp3) is 0.143. The summed E-state index contributed by atoms with van der Waals surface area (Å²) in [5.74, 6) is -1.02. The summed E-state index contributed by atoms with van der Waals surface area (Å²) in [6.07, 6.45) is 0. The molecule has 3 heteroatoms. The first kappa shape index (κ1) is 11.5. The maximum absolute atomic E-state index is 13.5. The topological polar surface area (TPSA) is 29.5 Å². The molecule has 0 radical (unpaired) electrons.